The van der Waals surface area contributed by atoms with Crippen molar-refractivity contribution in [3.63, 3.8) is 0 Å². The number of thiocarbonyl (C=S) groups is 1. The van der Waals surface area contributed by atoms with E-state index in [1.54, 1.807) is 24.3 Å². The van der Waals surface area contributed by atoms with Gasteiger partial charge in [0.2, 0.25) is 0 Å². The number of aryl methyl sites for hydroxylation is 1. The summed E-state index contributed by atoms with van der Waals surface area (Å²) in [5.74, 6) is 0.953. The summed E-state index contributed by atoms with van der Waals surface area (Å²) < 4.78 is 5.60. The second-order valence-electron chi connectivity index (χ2n) is 6.00. The molecular formula is C19H22N2O2S. The minimum Gasteiger partial charge on any atom is -0.493 e. The van der Waals surface area contributed by atoms with Gasteiger partial charge in [-0.1, -0.05) is 31.5 Å². The number of hydrogen-bond acceptors (Lipinski definition) is 3. The predicted molar refractivity (Wildman–Crippen MR) is 102 cm³/mol. The first kappa shape index (κ1) is 17.9. The molecule has 0 spiro atoms. The molecule has 0 saturated heterocycles. The molecule has 0 saturated carbocycles. The van der Waals surface area contributed by atoms with Crippen LogP contribution in [0.25, 0.3) is 0 Å². The van der Waals surface area contributed by atoms with Gasteiger partial charge in [0.15, 0.2) is 5.11 Å². The highest BCUT2D eigenvalue weighted by molar-refractivity contribution is 7.80. The summed E-state index contributed by atoms with van der Waals surface area (Å²) in [7, 11) is 0. The van der Waals surface area contributed by atoms with Crippen molar-refractivity contribution in [2.45, 2.75) is 20.8 Å². The number of carbonyl (C=O) groups is 1. The van der Waals surface area contributed by atoms with Gasteiger partial charge in [0.25, 0.3) is 5.91 Å². The fourth-order valence-corrected chi connectivity index (χ4v) is 2.15. The van der Waals surface area contributed by atoms with E-state index < -0.39 is 0 Å². The van der Waals surface area contributed by atoms with Crippen LogP contribution in [-0.2, 0) is 0 Å². The van der Waals surface area contributed by atoms with Crippen molar-refractivity contribution in [2.75, 3.05) is 11.9 Å². The number of hydrogen-bond donors (Lipinski definition) is 2. The van der Waals surface area contributed by atoms with Gasteiger partial charge in [-0.15, -0.1) is 0 Å². The van der Waals surface area contributed by atoms with Crippen LogP contribution < -0.4 is 15.4 Å². The Balaban J connectivity index is 1.89. The van der Waals surface area contributed by atoms with Crippen molar-refractivity contribution in [1.82, 2.24) is 5.32 Å². The molecular weight excluding hydrogens is 320 g/mol. The Morgan fingerprint density at radius 3 is 2.29 bits per heavy atom. The van der Waals surface area contributed by atoms with E-state index in [4.69, 9.17) is 17.0 Å². The van der Waals surface area contributed by atoms with Crippen molar-refractivity contribution in [3.8, 4) is 5.75 Å². The minimum atomic E-state index is -0.255. The number of anilines is 1. The highest BCUT2D eigenvalue weighted by Crippen LogP contribution is 2.13. The number of rotatable bonds is 5. The van der Waals surface area contributed by atoms with E-state index in [1.807, 2.05) is 31.2 Å². The Morgan fingerprint density at radius 1 is 1.08 bits per heavy atom. The maximum Gasteiger partial charge on any atom is 0.257 e. The lowest BCUT2D eigenvalue weighted by molar-refractivity contribution is 0.0977. The molecule has 0 radical (unpaired) electrons. The summed E-state index contributed by atoms with van der Waals surface area (Å²) in [4.78, 5) is 12.2. The summed E-state index contributed by atoms with van der Waals surface area (Å²) in [6.07, 6.45) is 0. The fourth-order valence-electron chi connectivity index (χ4n) is 1.94. The molecule has 0 aliphatic rings. The van der Waals surface area contributed by atoms with Gasteiger partial charge in [0.1, 0.15) is 5.75 Å². The minimum absolute atomic E-state index is 0.255. The zero-order chi connectivity index (χ0) is 17.5. The third kappa shape index (κ3) is 5.66. The second kappa shape index (κ2) is 8.45. The van der Waals surface area contributed by atoms with Crippen molar-refractivity contribution < 1.29 is 9.53 Å². The van der Waals surface area contributed by atoms with E-state index in [-0.39, 0.29) is 11.0 Å². The molecule has 2 rings (SSSR count). The molecule has 0 aliphatic heterocycles. The molecule has 4 nitrogen and oxygen atoms in total. The molecule has 2 aromatic rings. The lowest BCUT2D eigenvalue weighted by Gasteiger charge is -2.11. The van der Waals surface area contributed by atoms with Gasteiger partial charge < -0.3 is 10.1 Å². The van der Waals surface area contributed by atoms with Gasteiger partial charge >= 0.3 is 0 Å². The van der Waals surface area contributed by atoms with Crippen molar-refractivity contribution in [3.05, 3.63) is 59.7 Å². The lowest BCUT2D eigenvalue weighted by Crippen LogP contribution is -2.34. The topological polar surface area (TPSA) is 50.4 Å². The van der Waals surface area contributed by atoms with Gasteiger partial charge in [0.05, 0.1) is 6.61 Å². The SMILES string of the molecule is Cc1ccc(NC(=S)NC(=O)c2ccc(OCC(C)C)cc2)cc1. The van der Waals surface area contributed by atoms with E-state index in [9.17, 15) is 4.79 Å². The molecule has 0 heterocycles. The molecule has 0 atom stereocenters. The number of benzene rings is 2. The number of carbonyl (C=O) groups excluding carboxylic acids is 1. The van der Waals surface area contributed by atoms with Crippen LogP contribution >= 0.6 is 12.2 Å². The Morgan fingerprint density at radius 2 is 1.71 bits per heavy atom. The quantitative estimate of drug-likeness (QED) is 0.801. The first-order valence-electron chi connectivity index (χ1n) is 7.86. The van der Waals surface area contributed by atoms with E-state index in [2.05, 4.69) is 24.5 Å². The fraction of sp³-hybridized carbons (Fsp3) is 0.263. The summed E-state index contributed by atoms with van der Waals surface area (Å²) in [6.45, 7) is 6.84. The van der Waals surface area contributed by atoms with Crippen molar-refractivity contribution >= 4 is 28.9 Å². The first-order chi connectivity index (χ1) is 11.4. The average Bonchev–Trinajstić information content (AvgIpc) is 2.55. The number of amides is 1. The van der Waals surface area contributed by atoms with Crippen LogP contribution in [0.1, 0.15) is 29.8 Å². The lowest BCUT2D eigenvalue weighted by atomic mass is 10.2. The molecule has 0 fully saturated rings. The predicted octanol–water partition coefficient (Wildman–Crippen LogP) is 4.16. The average molecular weight is 342 g/mol. The first-order valence-corrected chi connectivity index (χ1v) is 8.26. The molecule has 0 aromatic heterocycles. The molecule has 0 bridgehead atoms. The third-order valence-corrected chi connectivity index (χ3v) is 3.44. The molecule has 126 valence electrons. The largest absolute Gasteiger partial charge is 0.493 e. The van der Waals surface area contributed by atoms with Crippen LogP contribution in [0, 0.1) is 12.8 Å². The second-order valence-corrected chi connectivity index (χ2v) is 6.41. The van der Waals surface area contributed by atoms with Gasteiger partial charge in [-0.05, 0) is 61.5 Å². The Kier molecular flexibility index (Phi) is 6.32. The van der Waals surface area contributed by atoms with E-state index in [0.29, 0.717) is 18.1 Å². The maximum absolute atomic E-state index is 12.2. The smallest absolute Gasteiger partial charge is 0.257 e. The van der Waals surface area contributed by atoms with Crippen LogP contribution in [0.15, 0.2) is 48.5 Å². The standard InChI is InChI=1S/C19H22N2O2S/c1-13(2)12-23-17-10-6-15(7-11-17)18(22)21-19(24)20-16-8-4-14(3)5-9-16/h4-11,13H,12H2,1-3H3,(H2,20,21,22,24). The van der Waals surface area contributed by atoms with Crippen LogP contribution in [0.4, 0.5) is 5.69 Å². The zero-order valence-corrected chi connectivity index (χ0v) is 14.9. The summed E-state index contributed by atoms with van der Waals surface area (Å²) in [6, 6.07) is 14.8. The third-order valence-electron chi connectivity index (χ3n) is 3.24. The zero-order valence-electron chi connectivity index (χ0n) is 14.1. The molecule has 1 amide bonds. The van der Waals surface area contributed by atoms with Crippen LogP contribution in [0.2, 0.25) is 0 Å². The molecule has 5 heteroatoms. The van der Waals surface area contributed by atoms with Crippen LogP contribution in [0.5, 0.6) is 5.75 Å². The Bertz CT molecular complexity index is 694. The molecule has 0 unspecified atom stereocenters. The highest BCUT2D eigenvalue weighted by Gasteiger charge is 2.08. The summed E-state index contributed by atoms with van der Waals surface area (Å²) >= 11 is 5.17. The normalized spacial score (nSPS) is 10.3. The van der Waals surface area contributed by atoms with Crippen molar-refractivity contribution in [2.24, 2.45) is 5.92 Å². The molecule has 2 N–H and O–H groups in total. The Hall–Kier alpha value is -2.40. The van der Waals surface area contributed by atoms with Gasteiger partial charge in [-0.2, -0.15) is 0 Å². The van der Waals surface area contributed by atoms with Gasteiger partial charge in [-0.25, -0.2) is 0 Å². The molecule has 0 aliphatic carbocycles. The van der Waals surface area contributed by atoms with Crippen LogP contribution in [-0.4, -0.2) is 17.6 Å². The number of ether oxygens (including phenoxy) is 1. The van der Waals surface area contributed by atoms with E-state index >= 15 is 0 Å². The van der Waals surface area contributed by atoms with E-state index in [1.165, 1.54) is 0 Å². The number of nitrogens with one attached hydrogen (secondary N) is 2. The molecule has 24 heavy (non-hydrogen) atoms. The van der Waals surface area contributed by atoms with Gasteiger partial charge in [0, 0.05) is 11.3 Å². The van der Waals surface area contributed by atoms with E-state index in [0.717, 1.165) is 17.0 Å². The highest BCUT2D eigenvalue weighted by atomic mass is 32.1. The molecule has 2 aromatic carbocycles. The maximum atomic E-state index is 12.2. The summed E-state index contributed by atoms with van der Waals surface area (Å²) in [5.41, 5.74) is 2.53. The Labute approximate surface area is 148 Å². The van der Waals surface area contributed by atoms with Crippen molar-refractivity contribution in [1.29, 1.82) is 0 Å². The van der Waals surface area contributed by atoms with Crippen LogP contribution in [0.3, 0.4) is 0 Å². The monoisotopic (exact) mass is 342 g/mol. The summed E-state index contributed by atoms with van der Waals surface area (Å²) in [5, 5.41) is 5.93. The van der Waals surface area contributed by atoms with Gasteiger partial charge in [-0.3, -0.25) is 10.1 Å².